The van der Waals surface area contributed by atoms with Crippen LogP contribution >= 0.6 is 0 Å². The first-order valence-corrected chi connectivity index (χ1v) is 7.61. The lowest BCUT2D eigenvalue weighted by Gasteiger charge is -2.21. The number of urea groups is 1. The minimum Gasteiger partial charge on any atom is -0.334 e. The fourth-order valence-corrected chi connectivity index (χ4v) is 2.28. The molecule has 0 spiro atoms. The van der Waals surface area contributed by atoms with Gasteiger partial charge in [0.15, 0.2) is 0 Å². The van der Waals surface area contributed by atoms with Crippen LogP contribution in [0, 0.1) is 5.92 Å². The number of aryl methyl sites for hydroxylation is 1. The van der Waals surface area contributed by atoms with Gasteiger partial charge in [0, 0.05) is 44.3 Å². The van der Waals surface area contributed by atoms with E-state index in [0.717, 1.165) is 30.0 Å². The molecule has 0 aliphatic carbocycles. The highest BCUT2D eigenvalue weighted by Crippen LogP contribution is 2.20. The number of nitrogens with one attached hydrogen (secondary N) is 1. The number of hydrogen-bond acceptors (Lipinski definition) is 2. The first kappa shape index (κ1) is 16.1. The third-order valence-corrected chi connectivity index (χ3v) is 3.82. The van der Waals surface area contributed by atoms with Crippen LogP contribution in [0.3, 0.4) is 0 Å². The molecule has 1 atom stereocenters. The van der Waals surface area contributed by atoms with Gasteiger partial charge in [-0.15, -0.1) is 0 Å². The maximum atomic E-state index is 12.2. The Labute approximate surface area is 132 Å². The number of anilines is 1. The Morgan fingerprint density at radius 3 is 2.86 bits per heavy atom. The molecule has 1 heterocycles. The molecule has 22 heavy (non-hydrogen) atoms. The summed E-state index contributed by atoms with van der Waals surface area (Å²) in [5.74, 6) is 1.37. The number of rotatable bonds is 5. The molecule has 0 unspecified atom stereocenters. The lowest BCUT2D eigenvalue weighted by Crippen LogP contribution is -2.34. The molecule has 2 rings (SSSR count). The van der Waals surface area contributed by atoms with Crippen molar-refractivity contribution in [1.29, 1.82) is 0 Å². The molecule has 0 aliphatic rings. The molecular weight excluding hydrogens is 276 g/mol. The van der Waals surface area contributed by atoms with Crippen molar-refractivity contribution in [2.24, 2.45) is 13.0 Å². The van der Waals surface area contributed by atoms with Crippen molar-refractivity contribution in [3.63, 3.8) is 0 Å². The van der Waals surface area contributed by atoms with Gasteiger partial charge >= 0.3 is 6.03 Å². The van der Waals surface area contributed by atoms with Crippen LogP contribution in [0.15, 0.2) is 36.7 Å². The maximum Gasteiger partial charge on any atom is 0.321 e. The van der Waals surface area contributed by atoms with E-state index >= 15 is 0 Å². The summed E-state index contributed by atoms with van der Waals surface area (Å²) in [5, 5.41) is 2.94. The van der Waals surface area contributed by atoms with Crippen molar-refractivity contribution in [2.45, 2.75) is 20.3 Å². The van der Waals surface area contributed by atoms with Crippen molar-refractivity contribution in [1.82, 2.24) is 14.5 Å². The zero-order chi connectivity index (χ0) is 16.1. The molecule has 118 valence electrons. The summed E-state index contributed by atoms with van der Waals surface area (Å²) < 4.78 is 1.95. The fraction of sp³-hybridized carbons (Fsp3) is 0.412. The highest BCUT2D eigenvalue weighted by molar-refractivity contribution is 5.89. The zero-order valence-electron chi connectivity index (χ0n) is 13.7. The van der Waals surface area contributed by atoms with Crippen LogP contribution < -0.4 is 5.32 Å². The van der Waals surface area contributed by atoms with Crippen LogP contribution in [0.2, 0.25) is 0 Å². The van der Waals surface area contributed by atoms with Gasteiger partial charge in [0.1, 0.15) is 5.82 Å². The smallest absolute Gasteiger partial charge is 0.321 e. The molecule has 5 nitrogen and oxygen atoms in total. The number of hydrogen-bond donors (Lipinski definition) is 1. The normalized spacial score (nSPS) is 12.0. The largest absolute Gasteiger partial charge is 0.334 e. The van der Waals surface area contributed by atoms with Crippen molar-refractivity contribution >= 4 is 11.7 Å². The molecule has 0 saturated heterocycles. The molecule has 0 bridgehead atoms. The molecule has 5 heteroatoms. The topological polar surface area (TPSA) is 50.2 Å². The number of amides is 2. The predicted molar refractivity (Wildman–Crippen MR) is 89.7 cm³/mol. The zero-order valence-corrected chi connectivity index (χ0v) is 13.7. The lowest BCUT2D eigenvalue weighted by atomic mass is 10.1. The van der Waals surface area contributed by atoms with Crippen molar-refractivity contribution in [3.8, 4) is 11.4 Å². The summed E-state index contributed by atoms with van der Waals surface area (Å²) in [4.78, 5) is 18.3. The SMILES string of the molecule is CC[C@H](C)CN(C)C(=O)Nc1cccc(-c2nccn2C)c1. The van der Waals surface area contributed by atoms with Gasteiger partial charge in [0.05, 0.1) is 0 Å². The Bertz CT molecular complexity index is 635. The number of benzene rings is 1. The standard InChI is InChI=1S/C17H24N4O/c1-5-13(2)12-21(4)17(22)19-15-8-6-7-14(11-15)16-18-9-10-20(16)3/h6-11,13H,5,12H2,1-4H3,(H,19,22)/t13-/m0/s1. The van der Waals surface area contributed by atoms with E-state index in [1.165, 1.54) is 0 Å². The molecule has 0 saturated carbocycles. The molecule has 1 aromatic heterocycles. The summed E-state index contributed by atoms with van der Waals surface area (Å²) in [6.07, 6.45) is 4.73. The van der Waals surface area contributed by atoms with Gasteiger partial charge in [-0.1, -0.05) is 32.4 Å². The predicted octanol–water partition coefficient (Wildman–Crippen LogP) is 3.60. The van der Waals surface area contributed by atoms with Gasteiger partial charge in [-0.2, -0.15) is 0 Å². The third kappa shape index (κ3) is 3.87. The number of carbonyl (C=O) groups excluding carboxylic acids is 1. The monoisotopic (exact) mass is 300 g/mol. The molecule has 0 fully saturated rings. The minimum atomic E-state index is -0.0858. The fourth-order valence-electron chi connectivity index (χ4n) is 2.28. The summed E-state index contributed by atoms with van der Waals surface area (Å²) in [6.45, 7) is 5.03. The van der Waals surface area contributed by atoms with Gasteiger partial charge in [-0.05, 0) is 18.1 Å². The van der Waals surface area contributed by atoms with Gasteiger partial charge in [0.25, 0.3) is 0 Å². The molecule has 0 aliphatic heterocycles. The van der Waals surface area contributed by atoms with Crippen LogP contribution in [0.1, 0.15) is 20.3 Å². The highest BCUT2D eigenvalue weighted by atomic mass is 16.2. The van der Waals surface area contributed by atoms with Crippen molar-refractivity contribution in [2.75, 3.05) is 18.9 Å². The summed E-state index contributed by atoms with van der Waals surface area (Å²) in [6, 6.07) is 7.66. The van der Waals surface area contributed by atoms with Crippen molar-refractivity contribution < 1.29 is 4.79 Å². The van der Waals surface area contributed by atoms with Crippen LogP contribution in [0.5, 0.6) is 0 Å². The molecule has 2 amide bonds. The number of carbonyl (C=O) groups is 1. The van der Waals surface area contributed by atoms with Gasteiger partial charge < -0.3 is 14.8 Å². The first-order chi connectivity index (χ1) is 10.5. The molecular formula is C17H24N4O. The van der Waals surface area contributed by atoms with Crippen molar-refractivity contribution in [3.05, 3.63) is 36.7 Å². The Hall–Kier alpha value is -2.30. The van der Waals surface area contributed by atoms with E-state index in [1.807, 2.05) is 49.1 Å². The number of imidazole rings is 1. The Morgan fingerprint density at radius 2 is 2.23 bits per heavy atom. The van der Waals surface area contributed by atoms with E-state index in [9.17, 15) is 4.79 Å². The number of aromatic nitrogens is 2. The third-order valence-electron chi connectivity index (χ3n) is 3.82. The average Bonchev–Trinajstić information content (AvgIpc) is 2.93. The number of nitrogens with zero attached hydrogens (tertiary/aromatic N) is 3. The van der Waals surface area contributed by atoms with Gasteiger partial charge in [-0.3, -0.25) is 0 Å². The summed E-state index contributed by atoms with van der Waals surface area (Å²) in [5.41, 5.74) is 1.76. The molecule has 1 aromatic carbocycles. The van der Waals surface area contributed by atoms with Crippen LogP contribution in [-0.2, 0) is 7.05 Å². The van der Waals surface area contributed by atoms with Crippen LogP contribution in [0.4, 0.5) is 10.5 Å². The van der Waals surface area contributed by atoms with E-state index < -0.39 is 0 Å². The minimum absolute atomic E-state index is 0.0858. The van der Waals surface area contributed by atoms with E-state index in [2.05, 4.69) is 24.1 Å². The Balaban J connectivity index is 2.07. The van der Waals surface area contributed by atoms with E-state index in [4.69, 9.17) is 0 Å². The second kappa shape index (κ2) is 7.11. The maximum absolute atomic E-state index is 12.2. The Kier molecular flexibility index (Phi) is 5.20. The van der Waals surface area contributed by atoms with E-state index in [0.29, 0.717) is 5.92 Å². The average molecular weight is 300 g/mol. The molecule has 2 aromatic rings. The van der Waals surface area contributed by atoms with Crippen LogP contribution in [0.25, 0.3) is 11.4 Å². The molecule has 1 N–H and O–H groups in total. The van der Waals surface area contributed by atoms with Gasteiger partial charge in [0.2, 0.25) is 0 Å². The van der Waals surface area contributed by atoms with Crippen LogP contribution in [-0.4, -0.2) is 34.1 Å². The second-order valence-corrected chi connectivity index (χ2v) is 5.77. The Morgan fingerprint density at radius 1 is 1.45 bits per heavy atom. The first-order valence-electron chi connectivity index (χ1n) is 7.61. The highest BCUT2D eigenvalue weighted by Gasteiger charge is 2.12. The lowest BCUT2D eigenvalue weighted by molar-refractivity contribution is 0.215. The summed E-state index contributed by atoms with van der Waals surface area (Å²) in [7, 11) is 3.78. The molecule has 0 radical (unpaired) electrons. The van der Waals surface area contributed by atoms with E-state index in [1.54, 1.807) is 11.1 Å². The second-order valence-electron chi connectivity index (χ2n) is 5.77. The quantitative estimate of drug-likeness (QED) is 0.917. The van der Waals surface area contributed by atoms with Gasteiger partial charge in [-0.25, -0.2) is 9.78 Å². The summed E-state index contributed by atoms with van der Waals surface area (Å²) >= 11 is 0. The van der Waals surface area contributed by atoms with E-state index in [-0.39, 0.29) is 6.03 Å².